The van der Waals surface area contributed by atoms with Crippen LogP contribution in [-0.2, 0) is 0 Å². The SMILES string of the molecule is Sc1ccc(-c2ccc3oc4c(ccc5oc6ccc(C7=CC=CCC7)cc6c54)c3c2)cc1-c1ccc2oc3ccc(-c4ccccc4)cc3c2c1. The van der Waals surface area contributed by atoms with E-state index in [0.29, 0.717) is 0 Å². The molecular formula is C48H30O3S. The normalized spacial score (nSPS) is 13.4. The second-order valence-corrected chi connectivity index (χ2v) is 14.2. The molecule has 0 aliphatic heterocycles. The van der Waals surface area contributed by atoms with Crippen LogP contribution in [0.1, 0.15) is 18.4 Å². The van der Waals surface area contributed by atoms with Crippen molar-refractivity contribution in [1.29, 1.82) is 0 Å². The maximum absolute atomic E-state index is 6.62. The van der Waals surface area contributed by atoms with Gasteiger partial charge in [0.05, 0.1) is 5.39 Å². The highest BCUT2D eigenvalue weighted by molar-refractivity contribution is 7.80. The summed E-state index contributed by atoms with van der Waals surface area (Å²) in [7, 11) is 0. The molecule has 0 amide bonds. The van der Waals surface area contributed by atoms with Crippen LogP contribution >= 0.6 is 12.6 Å². The van der Waals surface area contributed by atoms with E-state index in [9.17, 15) is 0 Å². The van der Waals surface area contributed by atoms with E-state index in [0.717, 1.165) is 106 Å². The maximum atomic E-state index is 6.62. The van der Waals surface area contributed by atoms with Crippen LogP contribution in [0.25, 0.3) is 105 Å². The fourth-order valence-corrected chi connectivity index (χ4v) is 8.29. The minimum atomic E-state index is 0.837. The Labute approximate surface area is 304 Å². The Bertz CT molecular complexity index is 3130. The number of hydrogen-bond donors (Lipinski definition) is 1. The average Bonchev–Trinajstić information content (AvgIpc) is 3.88. The molecule has 246 valence electrons. The van der Waals surface area contributed by atoms with Crippen LogP contribution in [0.5, 0.6) is 0 Å². The molecule has 0 saturated heterocycles. The van der Waals surface area contributed by atoms with Gasteiger partial charge in [-0.05, 0) is 130 Å². The van der Waals surface area contributed by atoms with Crippen LogP contribution in [0.4, 0.5) is 0 Å². The predicted molar refractivity (Wildman–Crippen MR) is 218 cm³/mol. The van der Waals surface area contributed by atoms with Gasteiger partial charge in [-0.25, -0.2) is 0 Å². The van der Waals surface area contributed by atoms with Gasteiger partial charge in [0.15, 0.2) is 0 Å². The summed E-state index contributed by atoms with van der Waals surface area (Å²) in [4.78, 5) is 0.921. The molecule has 10 aromatic rings. The van der Waals surface area contributed by atoms with Crippen LogP contribution in [0.3, 0.4) is 0 Å². The van der Waals surface area contributed by atoms with E-state index in [1.54, 1.807) is 0 Å². The molecule has 0 spiro atoms. The summed E-state index contributed by atoms with van der Waals surface area (Å²) < 4.78 is 19.2. The zero-order chi connectivity index (χ0) is 34.3. The number of allylic oxidation sites excluding steroid dienone is 4. The lowest BCUT2D eigenvalue weighted by Gasteiger charge is -2.10. The first-order valence-electron chi connectivity index (χ1n) is 17.7. The van der Waals surface area contributed by atoms with Gasteiger partial charge >= 0.3 is 0 Å². The van der Waals surface area contributed by atoms with E-state index < -0.39 is 0 Å². The Morgan fingerprint density at radius 3 is 1.79 bits per heavy atom. The number of rotatable bonds is 4. The summed E-state index contributed by atoms with van der Waals surface area (Å²) in [5, 5.41) is 6.46. The van der Waals surface area contributed by atoms with Crippen molar-refractivity contribution in [1.82, 2.24) is 0 Å². The van der Waals surface area contributed by atoms with Crippen LogP contribution in [-0.4, -0.2) is 0 Å². The van der Waals surface area contributed by atoms with Crippen LogP contribution in [0, 0.1) is 0 Å². The van der Waals surface area contributed by atoms with Gasteiger partial charge in [0.2, 0.25) is 0 Å². The van der Waals surface area contributed by atoms with E-state index in [1.807, 2.05) is 6.07 Å². The fraction of sp³-hybridized carbons (Fsp3) is 0.0417. The molecule has 1 aliphatic carbocycles. The summed E-state index contributed by atoms with van der Waals surface area (Å²) in [6.45, 7) is 0. The molecular weight excluding hydrogens is 657 g/mol. The van der Waals surface area contributed by atoms with Crippen molar-refractivity contribution >= 4 is 84.0 Å². The monoisotopic (exact) mass is 686 g/mol. The van der Waals surface area contributed by atoms with Gasteiger partial charge in [-0.2, -0.15) is 0 Å². The number of fused-ring (bicyclic) bond motifs is 10. The Kier molecular flexibility index (Phi) is 6.46. The molecule has 0 unspecified atom stereocenters. The van der Waals surface area contributed by atoms with Gasteiger partial charge in [-0.3, -0.25) is 0 Å². The Morgan fingerprint density at radius 1 is 0.442 bits per heavy atom. The van der Waals surface area contributed by atoms with Crippen molar-refractivity contribution in [3.8, 4) is 33.4 Å². The van der Waals surface area contributed by atoms with E-state index in [1.165, 1.54) is 22.3 Å². The lowest BCUT2D eigenvalue weighted by molar-refractivity contribution is 0.662. The maximum Gasteiger partial charge on any atom is 0.147 e. The molecule has 0 N–H and O–H groups in total. The molecule has 1 aliphatic rings. The van der Waals surface area contributed by atoms with Crippen LogP contribution < -0.4 is 0 Å². The largest absolute Gasteiger partial charge is 0.456 e. The van der Waals surface area contributed by atoms with Crippen molar-refractivity contribution in [3.05, 3.63) is 157 Å². The highest BCUT2D eigenvalue weighted by atomic mass is 32.1. The zero-order valence-corrected chi connectivity index (χ0v) is 28.9. The molecule has 0 fully saturated rings. The number of furan rings is 3. The minimum Gasteiger partial charge on any atom is -0.456 e. The molecule has 3 nitrogen and oxygen atoms in total. The number of benzene rings is 7. The van der Waals surface area contributed by atoms with Gasteiger partial charge in [-0.15, -0.1) is 12.6 Å². The average molecular weight is 687 g/mol. The summed E-state index contributed by atoms with van der Waals surface area (Å²) in [6, 6.07) is 47.0. The summed E-state index contributed by atoms with van der Waals surface area (Å²) >= 11 is 4.93. The summed E-state index contributed by atoms with van der Waals surface area (Å²) in [5.41, 5.74) is 14.5. The summed E-state index contributed by atoms with van der Waals surface area (Å²) in [6.07, 6.45) is 8.70. The smallest absolute Gasteiger partial charge is 0.147 e. The predicted octanol–water partition coefficient (Wildman–Crippen LogP) is 14.4. The van der Waals surface area contributed by atoms with Crippen molar-refractivity contribution in [3.63, 3.8) is 0 Å². The zero-order valence-electron chi connectivity index (χ0n) is 28.0. The summed E-state index contributed by atoms with van der Waals surface area (Å²) in [5.74, 6) is 0. The number of thiol groups is 1. The van der Waals surface area contributed by atoms with Gasteiger partial charge < -0.3 is 13.3 Å². The quantitative estimate of drug-likeness (QED) is 0.187. The van der Waals surface area contributed by atoms with Crippen molar-refractivity contribution in [2.24, 2.45) is 0 Å². The first-order chi connectivity index (χ1) is 25.6. The molecule has 3 heterocycles. The van der Waals surface area contributed by atoms with E-state index in [4.69, 9.17) is 25.9 Å². The Balaban J connectivity index is 1.02. The first-order valence-corrected chi connectivity index (χ1v) is 18.1. The highest BCUT2D eigenvalue weighted by Crippen LogP contribution is 2.42. The molecule has 0 saturated carbocycles. The Hall–Kier alpha value is -6.23. The fourth-order valence-electron chi connectivity index (χ4n) is 8.02. The first kappa shape index (κ1) is 29.5. The molecule has 52 heavy (non-hydrogen) atoms. The van der Waals surface area contributed by atoms with E-state index >= 15 is 0 Å². The number of hydrogen-bond acceptors (Lipinski definition) is 4. The van der Waals surface area contributed by atoms with Gasteiger partial charge in [0.1, 0.15) is 33.5 Å². The molecule has 3 aromatic heterocycles. The van der Waals surface area contributed by atoms with Crippen molar-refractivity contribution in [2.45, 2.75) is 17.7 Å². The minimum absolute atomic E-state index is 0.837. The van der Waals surface area contributed by atoms with Gasteiger partial charge in [0, 0.05) is 31.8 Å². The van der Waals surface area contributed by atoms with Gasteiger partial charge in [0.25, 0.3) is 0 Å². The molecule has 11 rings (SSSR count). The molecule has 4 heteroatoms. The third-order valence-electron chi connectivity index (χ3n) is 10.7. The van der Waals surface area contributed by atoms with Crippen molar-refractivity contribution in [2.75, 3.05) is 0 Å². The molecule has 0 bridgehead atoms. The van der Waals surface area contributed by atoms with Crippen molar-refractivity contribution < 1.29 is 13.3 Å². The Morgan fingerprint density at radius 2 is 1.02 bits per heavy atom. The van der Waals surface area contributed by atoms with E-state index in [-0.39, 0.29) is 0 Å². The lowest BCUT2D eigenvalue weighted by Crippen LogP contribution is -1.87. The standard InChI is InChI=1S/C48H30O3S/c52-46-22-15-33(23-36(46)34-14-20-42-39(27-34)38-24-30(11-17-41(38)49-42)28-7-3-1-4-8-28)32-13-18-43-37(25-32)35-16-21-45-47(48(35)51-43)40-26-31(12-19-44(40)50-45)29-9-5-2-6-10-29/h1-5,7-9,11-27,52H,6,10H2. The highest BCUT2D eigenvalue weighted by Gasteiger charge is 2.19. The topological polar surface area (TPSA) is 39.4 Å². The second-order valence-electron chi connectivity index (χ2n) is 13.7. The van der Waals surface area contributed by atoms with Crippen LogP contribution in [0.2, 0.25) is 0 Å². The third-order valence-corrected chi connectivity index (χ3v) is 11.1. The molecule has 7 aromatic carbocycles. The van der Waals surface area contributed by atoms with Gasteiger partial charge in [-0.1, -0.05) is 78.9 Å². The van der Waals surface area contributed by atoms with Crippen LogP contribution in [0.15, 0.2) is 170 Å². The lowest BCUT2D eigenvalue weighted by atomic mass is 9.95. The second kappa shape index (κ2) is 11.4. The van der Waals surface area contributed by atoms with E-state index in [2.05, 4.69) is 146 Å². The molecule has 0 atom stereocenters. The molecule has 0 radical (unpaired) electrons. The third kappa shape index (κ3) is 4.61.